The summed E-state index contributed by atoms with van der Waals surface area (Å²) in [6.07, 6.45) is 2.90. The summed E-state index contributed by atoms with van der Waals surface area (Å²) >= 11 is 1.95. The van der Waals surface area contributed by atoms with Crippen LogP contribution in [0, 0.1) is 5.92 Å². The highest BCUT2D eigenvalue weighted by atomic mass is 32.2. The molecule has 2 aliphatic rings. The molecule has 1 fully saturated rings. The maximum absolute atomic E-state index is 13.1. The van der Waals surface area contributed by atoms with E-state index in [9.17, 15) is 9.59 Å². The Morgan fingerprint density at radius 1 is 1.21 bits per heavy atom. The van der Waals surface area contributed by atoms with Crippen molar-refractivity contribution in [3.8, 4) is 5.75 Å². The van der Waals surface area contributed by atoms with Crippen molar-refractivity contribution in [3.05, 3.63) is 59.2 Å². The number of amides is 1. The van der Waals surface area contributed by atoms with Crippen LogP contribution in [0.25, 0.3) is 0 Å². The van der Waals surface area contributed by atoms with Crippen LogP contribution in [0.4, 0.5) is 5.69 Å². The molecule has 2 heterocycles. The minimum absolute atomic E-state index is 0.0701. The second-order valence-corrected chi connectivity index (χ2v) is 9.70. The van der Waals surface area contributed by atoms with E-state index in [1.54, 1.807) is 18.9 Å². The Hall–Kier alpha value is -3.00. The van der Waals surface area contributed by atoms with Gasteiger partial charge in [-0.3, -0.25) is 14.6 Å². The van der Waals surface area contributed by atoms with Gasteiger partial charge in [0.2, 0.25) is 0 Å². The molecule has 180 valence electrons. The van der Waals surface area contributed by atoms with E-state index >= 15 is 0 Å². The number of hydrogen-bond acceptors (Lipinski definition) is 7. The predicted octanol–water partition coefficient (Wildman–Crippen LogP) is 3.85. The van der Waals surface area contributed by atoms with Crippen molar-refractivity contribution in [1.29, 1.82) is 0 Å². The Morgan fingerprint density at radius 2 is 1.97 bits per heavy atom. The third kappa shape index (κ3) is 6.11. The van der Waals surface area contributed by atoms with Gasteiger partial charge in [0.15, 0.2) is 0 Å². The quantitative estimate of drug-likeness (QED) is 0.442. The lowest BCUT2D eigenvalue weighted by atomic mass is 9.93. The first kappa shape index (κ1) is 24.1. The smallest absolute Gasteiger partial charge is 0.306 e. The summed E-state index contributed by atoms with van der Waals surface area (Å²) < 4.78 is 10.9. The molecule has 0 aliphatic carbocycles. The molecule has 0 spiro atoms. The van der Waals surface area contributed by atoms with Gasteiger partial charge in [-0.15, -0.1) is 0 Å². The van der Waals surface area contributed by atoms with Crippen LogP contribution in [0.1, 0.15) is 34.8 Å². The molecule has 0 radical (unpaired) electrons. The van der Waals surface area contributed by atoms with Gasteiger partial charge in [0.1, 0.15) is 5.75 Å². The summed E-state index contributed by atoms with van der Waals surface area (Å²) in [5.74, 6) is 2.81. The summed E-state index contributed by atoms with van der Waals surface area (Å²) in [4.78, 5) is 26.6. The van der Waals surface area contributed by atoms with Crippen LogP contribution in [0.3, 0.4) is 0 Å². The van der Waals surface area contributed by atoms with E-state index in [-0.39, 0.29) is 17.8 Å². The molecule has 7 nitrogen and oxygen atoms in total. The number of rotatable bonds is 7. The van der Waals surface area contributed by atoms with Gasteiger partial charge in [-0.05, 0) is 54.8 Å². The first-order valence-corrected chi connectivity index (χ1v) is 12.8. The maximum Gasteiger partial charge on any atom is 0.306 e. The van der Waals surface area contributed by atoms with E-state index in [0.29, 0.717) is 31.6 Å². The number of fused-ring (bicyclic) bond motifs is 1. The summed E-state index contributed by atoms with van der Waals surface area (Å²) in [6, 6.07) is 13.3. The lowest BCUT2D eigenvalue weighted by molar-refractivity contribution is -0.144. The molecule has 1 atom stereocenters. The number of hydrogen-bond donors (Lipinski definition) is 0. The number of benzene rings is 2. The summed E-state index contributed by atoms with van der Waals surface area (Å²) in [6.45, 7) is 4.62. The number of ether oxygens (including phenoxy) is 2. The van der Waals surface area contributed by atoms with Gasteiger partial charge >= 0.3 is 5.97 Å². The fourth-order valence-corrected chi connectivity index (χ4v) is 4.96. The van der Waals surface area contributed by atoms with Crippen molar-refractivity contribution in [3.63, 3.8) is 0 Å². The monoisotopic (exact) mass is 481 g/mol. The van der Waals surface area contributed by atoms with Gasteiger partial charge in [-0.1, -0.05) is 12.1 Å². The first-order valence-electron chi connectivity index (χ1n) is 11.7. The van der Waals surface area contributed by atoms with Crippen molar-refractivity contribution >= 4 is 35.5 Å². The molecule has 1 amide bonds. The fourth-order valence-electron chi connectivity index (χ4n) is 4.08. The highest BCUT2D eigenvalue weighted by Gasteiger charge is 2.24. The highest BCUT2D eigenvalue weighted by Crippen LogP contribution is 2.32. The van der Waals surface area contributed by atoms with Crippen molar-refractivity contribution in [2.45, 2.75) is 19.8 Å². The van der Waals surface area contributed by atoms with Gasteiger partial charge in [0, 0.05) is 48.8 Å². The summed E-state index contributed by atoms with van der Waals surface area (Å²) in [5.41, 5.74) is 3.37. The van der Waals surface area contributed by atoms with Crippen molar-refractivity contribution in [2.24, 2.45) is 11.0 Å². The van der Waals surface area contributed by atoms with Crippen LogP contribution in [0.15, 0.2) is 47.6 Å². The maximum atomic E-state index is 13.1. The van der Waals surface area contributed by atoms with E-state index in [1.807, 2.05) is 60.4 Å². The average molecular weight is 482 g/mol. The van der Waals surface area contributed by atoms with Crippen molar-refractivity contribution in [1.82, 2.24) is 5.01 Å². The SMILES string of the molecule is CCOC(=O)CC1COc2ccc(N(C)C(=O)c3ccc(C=NN4CCSCC4)cc3)cc2C1. The number of carbonyl (C=O) groups excluding carboxylic acids is 2. The largest absolute Gasteiger partial charge is 0.493 e. The molecular formula is C26H31N3O4S. The van der Waals surface area contributed by atoms with E-state index in [2.05, 4.69) is 10.1 Å². The molecule has 1 saturated heterocycles. The lowest BCUT2D eigenvalue weighted by Gasteiger charge is -2.26. The van der Waals surface area contributed by atoms with E-state index in [4.69, 9.17) is 9.47 Å². The third-order valence-corrected chi connectivity index (χ3v) is 6.94. The van der Waals surface area contributed by atoms with Gasteiger partial charge in [-0.25, -0.2) is 0 Å². The Bertz CT molecular complexity index is 1030. The van der Waals surface area contributed by atoms with Crippen molar-refractivity contribution in [2.75, 3.05) is 49.8 Å². The molecule has 0 bridgehead atoms. The van der Waals surface area contributed by atoms with Crippen LogP contribution in [0.5, 0.6) is 5.75 Å². The minimum Gasteiger partial charge on any atom is -0.493 e. The molecule has 34 heavy (non-hydrogen) atoms. The number of hydrazone groups is 1. The van der Waals surface area contributed by atoms with Gasteiger partial charge in [-0.2, -0.15) is 16.9 Å². The Kier molecular flexibility index (Phi) is 8.11. The molecular weight excluding hydrogens is 450 g/mol. The van der Waals surface area contributed by atoms with Crippen LogP contribution < -0.4 is 9.64 Å². The number of nitrogens with zero attached hydrogens (tertiary/aromatic N) is 3. The normalized spacial score (nSPS) is 17.7. The number of esters is 1. The van der Waals surface area contributed by atoms with Gasteiger partial charge < -0.3 is 14.4 Å². The molecule has 8 heteroatoms. The minimum atomic E-state index is -0.202. The van der Waals surface area contributed by atoms with Crippen molar-refractivity contribution < 1.29 is 19.1 Å². The summed E-state index contributed by atoms with van der Waals surface area (Å²) in [7, 11) is 1.77. The average Bonchev–Trinajstić information content (AvgIpc) is 2.87. The molecule has 0 saturated carbocycles. The van der Waals surface area contributed by atoms with Crippen LogP contribution >= 0.6 is 11.8 Å². The Balaban J connectivity index is 1.39. The Labute approximate surface area is 205 Å². The Morgan fingerprint density at radius 3 is 2.71 bits per heavy atom. The number of carbonyl (C=O) groups is 2. The first-order chi connectivity index (χ1) is 16.5. The second-order valence-electron chi connectivity index (χ2n) is 8.48. The number of thioether (sulfide) groups is 1. The zero-order valence-electron chi connectivity index (χ0n) is 19.7. The topological polar surface area (TPSA) is 71.4 Å². The zero-order valence-corrected chi connectivity index (χ0v) is 20.6. The fraction of sp³-hybridized carbons (Fsp3) is 0.423. The van der Waals surface area contributed by atoms with Crippen LogP contribution in [-0.4, -0.2) is 68.0 Å². The summed E-state index contributed by atoms with van der Waals surface area (Å²) in [5, 5.41) is 6.63. The highest BCUT2D eigenvalue weighted by molar-refractivity contribution is 7.99. The molecule has 2 aromatic carbocycles. The molecule has 1 unspecified atom stereocenters. The van der Waals surface area contributed by atoms with Gasteiger partial charge in [0.05, 0.1) is 25.8 Å². The van der Waals surface area contributed by atoms with E-state index in [0.717, 1.165) is 47.2 Å². The second kappa shape index (κ2) is 11.4. The van der Waals surface area contributed by atoms with Crippen LogP contribution in [0.2, 0.25) is 0 Å². The van der Waals surface area contributed by atoms with E-state index in [1.165, 1.54) is 0 Å². The molecule has 4 rings (SSSR count). The molecule has 2 aromatic rings. The lowest BCUT2D eigenvalue weighted by Crippen LogP contribution is -2.28. The van der Waals surface area contributed by atoms with Gasteiger partial charge in [0.25, 0.3) is 5.91 Å². The predicted molar refractivity (Wildman–Crippen MR) is 136 cm³/mol. The van der Waals surface area contributed by atoms with E-state index < -0.39 is 0 Å². The van der Waals surface area contributed by atoms with Crippen LogP contribution in [-0.2, 0) is 16.0 Å². The third-order valence-electron chi connectivity index (χ3n) is 6.00. The molecule has 0 aromatic heterocycles. The molecule has 2 aliphatic heterocycles. The number of anilines is 1. The zero-order chi connectivity index (χ0) is 23.9. The molecule has 0 N–H and O–H groups in total. The standard InChI is InChI=1S/C26H31N3O4S/c1-3-32-25(30)15-20-14-22-16-23(8-9-24(22)33-18-20)28(2)26(31)21-6-4-19(5-7-21)17-27-29-10-12-34-13-11-29/h4-9,16-17,20H,3,10-15,18H2,1-2H3.